The highest BCUT2D eigenvalue weighted by atomic mass is 32.2. The number of hydrogen-bond acceptors (Lipinski definition) is 4. The van der Waals surface area contributed by atoms with Crippen molar-refractivity contribution >= 4 is 15.9 Å². The molecule has 0 saturated carbocycles. The summed E-state index contributed by atoms with van der Waals surface area (Å²) in [6.45, 7) is 0.515. The Labute approximate surface area is 177 Å². The Kier molecular flexibility index (Phi) is 6.87. The lowest BCUT2D eigenvalue weighted by atomic mass is 10.1. The molecular weight excluding hydrogens is 400 g/mol. The van der Waals surface area contributed by atoms with Gasteiger partial charge in [-0.15, -0.1) is 0 Å². The van der Waals surface area contributed by atoms with Gasteiger partial charge >= 0.3 is 0 Å². The van der Waals surface area contributed by atoms with Crippen LogP contribution in [-0.4, -0.2) is 33.4 Å². The van der Waals surface area contributed by atoms with E-state index < -0.39 is 10.0 Å². The van der Waals surface area contributed by atoms with Gasteiger partial charge < -0.3 is 9.64 Å². The third-order valence-electron chi connectivity index (χ3n) is 4.65. The molecule has 3 aromatic rings. The molecule has 0 aromatic heterocycles. The Bertz CT molecular complexity index is 1110. The van der Waals surface area contributed by atoms with E-state index in [0.29, 0.717) is 17.9 Å². The highest BCUT2D eigenvalue weighted by Gasteiger charge is 2.19. The first-order chi connectivity index (χ1) is 14.4. The average molecular weight is 425 g/mol. The Morgan fingerprint density at radius 1 is 0.967 bits per heavy atom. The van der Waals surface area contributed by atoms with E-state index in [1.165, 1.54) is 17.0 Å². The molecule has 0 atom stereocenters. The monoisotopic (exact) mass is 424 g/mol. The van der Waals surface area contributed by atoms with Crippen LogP contribution in [0.3, 0.4) is 0 Å². The number of rotatable bonds is 8. The van der Waals surface area contributed by atoms with Gasteiger partial charge in [0.25, 0.3) is 5.91 Å². The lowest BCUT2D eigenvalue weighted by Crippen LogP contribution is -2.27. The summed E-state index contributed by atoms with van der Waals surface area (Å²) in [6.07, 6.45) is 0. The first kappa shape index (κ1) is 21.5. The van der Waals surface area contributed by atoms with E-state index in [-0.39, 0.29) is 17.3 Å². The predicted molar refractivity (Wildman–Crippen MR) is 116 cm³/mol. The zero-order chi connectivity index (χ0) is 21.6. The quantitative estimate of drug-likeness (QED) is 0.601. The highest BCUT2D eigenvalue weighted by Crippen LogP contribution is 2.20. The molecule has 3 rings (SSSR count). The second kappa shape index (κ2) is 9.56. The topological polar surface area (TPSA) is 75.7 Å². The largest absolute Gasteiger partial charge is 0.496 e. The highest BCUT2D eigenvalue weighted by molar-refractivity contribution is 7.89. The Hall–Kier alpha value is -3.16. The van der Waals surface area contributed by atoms with Gasteiger partial charge in [0.05, 0.1) is 12.0 Å². The van der Waals surface area contributed by atoms with Gasteiger partial charge in [0.1, 0.15) is 5.75 Å². The van der Waals surface area contributed by atoms with Crippen molar-refractivity contribution < 1.29 is 17.9 Å². The number of para-hydroxylation sites is 1. The molecule has 0 heterocycles. The fraction of sp³-hybridized carbons (Fsp3) is 0.174. The molecule has 0 spiro atoms. The van der Waals surface area contributed by atoms with Gasteiger partial charge in [-0.25, -0.2) is 13.1 Å². The number of sulfonamides is 1. The van der Waals surface area contributed by atoms with Gasteiger partial charge in [0.15, 0.2) is 0 Å². The molecule has 1 N–H and O–H groups in total. The van der Waals surface area contributed by atoms with E-state index in [1.807, 2.05) is 54.6 Å². The van der Waals surface area contributed by atoms with Crippen LogP contribution in [0.5, 0.6) is 5.75 Å². The van der Waals surface area contributed by atoms with Gasteiger partial charge in [-0.3, -0.25) is 4.79 Å². The molecule has 1 amide bonds. The summed E-state index contributed by atoms with van der Waals surface area (Å²) >= 11 is 0. The summed E-state index contributed by atoms with van der Waals surface area (Å²) in [7, 11) is -0.499. The maximum atomic E-state index is 12.9. The number of hydrogen-bond donors (Lipinski definition) is 1. The number of nitrogens with zero attached hydrogens (tertiary/aromatic N) is 1. The van der Waals surface area contributed by atoms with E-state index >= 15 is 0 Å². The van der Waals surface area contributed by atoms with E-state index in [0.717, 1.165) is 11.1 Å². The van der Waals surface area contributed by atoms with Gasteiger partial charge in [-0.05, 0) is 29.8 Å². The van der Waals surface area contributed by atoms with Gasteiger partial charge in [-0.1, -0.05) is 54.6 Å². The third kappa shape index (κ3) is 5.25. The van der Waals surface area contributed by atoms with Gasteiger partial charge in [0, 0.05) is 31.3 Å². The SMILES string of the molecule is COc1ccccc1CN(C)C(=O)c1cccc(S(=O)(=O)NCc2ccccc2)c1. The zero-order valence-corrected chi connectivity index (χ0v) is 17.7. The van der Waals surface area contributed by atoms with Crippen LogP contribution in [-0.2, 0) is 23.1 Å². The van der Waals surface area contributed by atoms with Crippen LogP contribution < -0.4 is 9.46 Å². The molecule has 0 aliphatic heterocycles. The van der Waals surface area contributed by atoms with Crippen LogP contribution in [0.15, 0.2) is 83.8 Å². The molecule has 156 valence electrons. The molecule has 6 nitrogen and oxygen atoms in total. The third-order valence-corrected chi connectivity index (χ3v) is 6.05. The molecule has 3 aromatic carbocycles. The van der Waals surface area contributed by atoms with Crippen LogP contribution in [0, 0.1) is 0 Å². The van der Waals surface area contributed by atoms with Crippen LogP contribution in [0.4, 0.5) is 0 Å². The van der Waals surface area contributed by atoms with Crippen molar-refractivity contribution in [1.29, 1.82) is 0 Å². The standard InChI is InChI=1S/C23H24N2O4S/c1-25(17-20-11-6-7-14-22(20)29-2)23(26)19-12-8-13-21(15-19)30(27,28)24-16-18-9-4-3-5-10-18/h3-15,24H,16-17H2,1-2H3. The summed E-state index contributed by atoms with van der Waals surface area (Å²) in [6, 6.07) is 22.8. The normalized spacial score (nSPS) is 11.1. The fourth-order valence-electron chi connectivity index (χ4n) is 3.04. The molecule has 0 saturated heterocycles. The second-order valence-corrected chi connectivity index (χ2v) is 8.58. The van der Waals surface area contributed by atoms with Crippen molar-refractivity contribution in [2.24, 2.45) is 0 Å². The fourth-order valence-corrected chi connectivity index (χ4v) is 4.10. The van der Waals surface area contributed by atoms with E-state index in [4.69, 9.17) is 4.74 Å². The summed E-state index contributed by atoms with van der Waals surface area (Å²) in [4.78, 5) is 14.5. The first-order valence-corrected chi connectivity index (χ1v) is 10.9. The van der Waals surface area contributed by atoms with Gasteiger partial charge in [-0.2, -0.15) is 0 Å². The maximum absolute atomic E-state index is 12.9. The molecule has 0 bridgehead atoms. The maximum Gasteiger partial charge on any atom is 0.253 e. The molecule has 0 unspecified atom stereocenters. The Morgan fingerprint density at radius 3 is 2.40 bits per heavy atom. The number of ether oxygens (including phenoxy) is 1. The predicted octanol–water partition coefficient (Wildman–Crippen LogP) is 3.45. The van der Waals surface area contributed by atoms with Crippen molar-refractivity contribution in [2.75, 3.05) is 14.2 Å². The minimum atomic E-state index is -3.75. The van der Waals surface area contributed by atoms with Crippen molar-refractivity contribution in [1.82, 2.24) is 9.62 Å². The first-order valence-electron chi connectivity index (χ1n) is 9.42. The van der Waals surface area contributed by atoms with Crippen LogP contribution in [0.1, 0.15) is 21.5 Å². The lowest BCUT2D eigenvalue weighted by molar-refractivity contribution is 0.0784. The van der Waals surface area contributed by atoms with Crippen LogP contribution in [0.2, 0.25) is 0 Å². The van der Waals surface area contributed by atoms with Crippen LogP contribution >= 0.6 is 0 Å². The lowest BCUT2D eigenvalue weighted by Gasteiger charge is -2.19. The van der Waals surface area contributed by atoms with Crippen molar-refractivity contribution in [3.05, 3.63) is 95.6 Å². The average Bonchev–Trinajstić information content (AvgIpc) is 2.78. The molecule has 7 heteroatoms. The molecular formula is C23H24N2O4S. The minimum Gasteiger partial charge on any atom is -0.496 e. The van der Waals surface area contributed by atoms with Crippen molar-refractivity contribution in [3.8, 4) is 5.75 Å². The smallest absolute Gasteiger partial charge is 0.253 e. The number of nitrogens with one attached hydrogen (secondary N) is 1. The van der Waals surface area contributed by atoms with E-state index in [9.17, 15) is 13.2 Å². The van der Waals surface area contributed by atoms with Gasteiger partial charge in [0.2, 0.25) is 10.0 Å². The summed E-state index contributed by atoms with van der Waals surface area (Å²) in [5, 5.41) is 0. The summed E-state index contributed by atoms with van der Waals surface area (Å²) < 4.78 is 33.3. The molecule has 0 aliphatic carbocycles. The Balaban J connectivity index is 1.74. The minimum absolute atomic E-state index is 0.0509. The van der Waals surface area contributed by atoms with E-state index in [1.54, 1.807) is 26.3 Å². The van der Waals surface area contributed by atoms with Crippen molar-refractivity contribution in [3.63, 3.8) is 0 Å². The second-order valence-electron chi connectivity index (χ2n) is 6.81. The van der Waals surface area contributed by atoms with Crippen LogP contribution in [0.25, 0.3) is 0 Å². The number of carbonyl (C=O) groups excluding carboxylic acids is 1. The number of carbonyl (C=O) groups is 1. The van der Waals surface area contributed by atoms with Crippen molar-refractivity contribution in [2.45, 2.75) is 18.0 Å². The molecule has 0 radical (unpaired) electrons. The number of methoxy groups -OCH3 is 1. The number of benzene rings is 3. The molecule has 30 heavy (non-hydrogen) atoms. The summed E-state index contributed by atoms with van der Waals surface area (Å²) in [5.41, 5.74) is 2.02. The Morgan fingerprint density at radius 2 is 1.67 bits per heavy atom. The summed E-state index contributed by atoms with van der Waals surface area (Å²) in [5.74, 6) is 0.416. The number of amides is 1. The zero-order valence-electron chi connectivity index (χ0n) is 16.9. The van der Waals surface area contributed by atoms with E-state index in [2.05, 4.69) is 4.72 Å². The molecule has 0 fully saturated rings. The molecule has 0 aliphatic rings.